The molecule has 10 aromatic rings. The zero-order valence-electron chi connectivity index (χ0n) is 30.8. The van der Waals surface area contributed by atoms with Crippen LogP contribution < -0.4 is 5.32 Å². The molecule has 0 atom stereocenters. The smallest absolute Gasteiger partial charge is 0.0547 e. The van der Waals surface area contributed by atoms with Crippen LogP contribution in [0.4, 0.5) is 11.4 Å². The highest BCUT2D eigenvalue weighted by Gasteiger charge is 2.17. The van der Waals surface area contributed by atoms with E-state index in [1.165, 1.54) is 66.3 Å². The van der Waals surface area contributed by atoms with E-state index in [0.29, 0.717) is 0 Å². The maximum Gasteiger partial charge on any atom is 0.0547 e. The molecule has 9 aromatic carbocycles. The van der Waals surface area contributed by atoms with Crippen molar-refractivity contribution in [2.45, 2.75) is 0 Å². The van der Waals surface area contributed by atoms with Gasteiger partial charge >= 0.3 is 0 Å². The molecule has 0 saturated heterocycles. The van der Waals surface area contributed by atoms with Crippen molar-refractivity contribution in [1.29, 1.82) is 0 Å². The molecule has 0 unspecified atom stereocenters. The number of hydrogen-bond donors (Lipinski definition) is 1. The molecule has 56 heavy (non-hydrogen) atoms. The molecule has 2 heteroatoms. The fourth-order valence-electron chi connectivity index (χ4n) is 7.98. The summed E-state index contributed by atoms with van der Waals surface area (Å²) in [7, 11) is 0. The molecule has 264 valence electrons. The molecule has 0 radical (unpaired) electrons. The molecule has 10 rings (SSSR count). The van der Waals surface area contributed by atoms with Crippen molar-refractivity contribution < 1.29 is 0 Å². The van der Waals surface area contributed by atoms with Gasteiger partial charge in [-0.15, -0.1) is 0 Å². The fourth-order valence-corrected chi connectivity index (χ4v) is 7.98. The Hall–Kier alpha value is -7.42. The maximum atomic E-state index is 3.74. The predicted molar refractivity (Wildman–Crippen MR) is 238 cm³/mol. The fraction of sp³-hybridized carbons (Fsp3) is 0. The van der Waals surface area contributed by atoms with E-state index in [1.54, 1.807) is 0 Å². The molecule has 0 saturated carbocycles. The Labute approximate surface area is 327 Å². The molecule has 1 heterocycles. The van der Waals surface area contributed by atoms with Crippen LogP contribution in [0.3, 0.4) is 0 Å². The van der Waals surface area contributed by atoms with Crippen molar-refractivity contribution in [2.75, 3.05) is 5.32 Å². The van der Waals surface area contributed by atoms with Crippen molar-refractivity contribution in [2.24, 2.45) is 0 Å². The lowest BCUT2D eigenvalue weighted by molar-refractivity contribution is 1.18. The van der Waals surface area contributed by atoms with Crippen LogP contribution >= 0.6 is 0 Å². The van der Waals surface area contributed by atoms with Gasteiger partial charge in [0.25, 0.3) is 0 Å². The summed E-state index contributed by atoms with van der Waals surface area (Å²) in [6, 6.07) is 80.7. The van der Waals surface area contributed by atoms with Crippen molar-refractivity contribution in [1.82, 2.24) is 4.57 Å². The van der Waals surface area contributed by atoms with Crippen LogP contribution in [-0.2, 0) is 0 Å². The third kappa shape index (κ3) is 6.34. The van der Waals surface area contributed by atoms with Gasteiger partial charge in [-0.3, -0.25) is 0 Å². The maximum absolute atomic E-state index is 3.74. The van der Waals surface area contributed by atoms with Crippen molar-refractivity contribution in [3.05, 3.63) is 224 Å². The Balaban J connectivity index is 1.10. The molecule has 1 aromatic heterocycles. The summed E-state index contributed by atoms with van der Waals surface area (Å²) in [5.74, 6) is 0. The van der Waals surface area contributed by atoms with E-state index >= 15 is 0 Å². The first-order valence-corrected chi connectivity index (χ1v) is 19.2. The minimum atomic E-state index is 1.05. The normalized spacial score (nSPS) is 11.2. The summed E-state index contributed by atoms with van der Waals surface area (Å²) in [4.78, 5) is 0. The summed E-state index contributed by atoms with van der Waals surface area (Å²) in [6.45, 7) is 0. The number of hydrogen-bond acceptors (Lipinski definition) is 1. The van der Waals surface area contributed by atoms with Crippen molar-refractivity contribution >= 4 is 33.2 Å². The van der Waals surface area contributed by atoms with E-state index in [4.69, 9.17) is 0 Å². The van der Waals surface area contributed by atoms with Gasteiger partial charge in [0.05, 0.1) is 11.0 Å². The van der Waals surface area contributed by atoms with Gasteiger partial charge in [-0.2, -0.15) is 0 Å². The Morgan fingerprint density at radius 3 is 1.38 bits per heavy atom. The topological polar surface area (TPSA) is 17.0 Å². The molecular formula is C54H38N2. The highest BCUT2D eigenvalue weighted by Crippen LogP contribution is 2.40. The number of nitrogens with one attached hydrogen (secondary N) is 1. The third-order valence-corrected chi connectivity index (χ3v) is 10.8. The molecule has 0 aliphatic rings. The van der Waals surface area contributed by atoms with Gasteiger partial charge in [-0.1, -0.05) is 170 Å². The van der Waals surface area contributed by atoms with Crippen LogP contribution in [0, 0.1) is 0 Å². The quantitative estimate of drug-likeness (QED) is 0.166. The number of para-hydroxylation sites is 1. The molecule has 1 N–H and O–H groups in total. The second-order valence-corrected chi connectivity index (χ2v) is 14.3. The lowest BCUT2D eigenvalue weighted by atomic mass is 9.96. The van der Waals surface area contributed by atoms with Crippen LogP contribution in [0.25, 0.3) is 83.1 Å². The van der Waals surface area contributed by atoms with Gasteiger partial charge in [0.15, 0.2) is 0 Å². The van der Waals surface area contributed by atoms with Gasteiger partial charge in [0, 0.05) is 33.4 Å². The van der Waals surface area contributed by atoms with Crippen LogP contribution in [0.15, 0.2) is 224 Å². The predicted octanol–water partition coefficient (Wildman–Crippen LogP) is 14.9. The number of benzene rings is 9. The van der Waals surface area contributed by atoms with Crippen molar-refractivity contribution in [3.8, 4) is 61.3 Å². The Morgan fingerprint density at radius 2 is 0.750 bits per heavy atom. The monoisotopic (exact) mass is 714 g/mol. The van der Waals surface area contributed by atoms with E-state index < -0.39 is 0 Å². The average molecular weight is 715 g/mol. The van der Waals surface area contributed by atoms with Gasteiger partial charge < -0.3 is 9.88 Å². The van der Waals surface area contributed by atoms with Gasteiger partial charge in [0.2, 0.25) is 0 Å². The first kappa shape index (κ1) is 33.2. The van der Waals surface area contributed by atoms with Gasteiger partial charge in [-0.05, 0) is 105 Å². The highest BCUT2D eigenvalue weighted by molar-refractivity contribution is 6.10. The van der Waals surface area contributed by atoms with Gasteiger partial charge in [-0.25, -0.2) is 0 Å². The molecule has 0 spiro atoms. The zero-order chi connectivity index (χ0) is 37.3. The number of nitrogens with zero attached hydrogens (tertiary/aromatic N) is 1. The van der Waals surface area contributed by atoms with E-state index in [2.05, 4.69) is 234 Å². The molecular weight excluding hydrogens is 677 g/mol. The van der Waals surface area contributed by atoms with E-state index in [0.717, 1.165) is 28.2 Å². The third-order valence-electron chi connectivity index (χ3n) is 10.8. The van der Waals surface area contributed by atoms with Gasteiger partial charge in [0.1, 0.15) is 0 Å². The SMILES string of the molecule is c1ccc(-c2ccc(Nc3ccc(-c4ccc5c6ccccc6n(-c6cc(-c7ccccc7)cc(-c7ccccc7)c6)c5c4)cc3-c3ccccc3)cc2)cc1. The standard InChI is InChI=1S/C54H38N2/c1-5-15-38(16-6-1)41-25-29-47(30-26-41)55-52-32-28-43(36-51(52)42-21-11-4-12-22-42)44-27-31-50-49-23-13-14-24-53(49)56(54(50)37-44)48-34-45(39-17-7-2-8-18-39)33-46(35-48)40-19-9-3-10-20-40/h1-37,55H. The first-order valence-electron chi connectivity index (χ1n) is 19.2. The van der Waals surface area contributed by atoms with Crippen LogP contribution in [-0.4, -0.2) is 4.57 Å². The lowest BCUT2D eigenvalue weighted by Gasteiger charge is -2.16. The van der Waals surface area contributed by atoms with E-state index in [9.17, 15) is 0 Å². The minimum absolute atomic E-state index is 1.05. The summed E-state index contributed by atoms with van der Waals surface area (Å²) in [5, 5.41) is 6.21. The first-order chi connectivity index (χ1) is 27.7. The largest absolute Gasteiger partial charge is 0.355 e. The lowest BCUT2D eigenvalue weighted by Crippen LogP contribution is -1.96. The number of fused-ring (bicyclic) bond motifs is 3. The summed E-state index contributed by atoms with van der Waals surface area (Å²) in [5.41, 5.74) is 17.4. The molecule has 0 aliphatic heterocycles. The van der Waals surface area contributed by atoms with Crippen LogP contribution in [0.2, 0.25) is 0 Å². The Morgan fingerprint density at radius 1 is 0.286 bits per heavy atom. The highest BCUT2D eigenvalue weighted by atomic mass is 15.0. The molecule has 0 bridgehead atoms. The Kier molecular flexibility index (Phi) is 8.55. The van der Waals surface area contributed by atoms with Crippen molar-refractivity contribution in [3.63, 3.8) is 0 Å². The molecule has 2 nitrogen and oxygen atoms in total. The number of rotatable bonds is 8. The zero-order valence-corrected chi connectivity index (χ0v) is 30.8. The van der Waals surface area contributed by atoms with Crippen LogP contribution in [0.5, 0.6) is 0 Å². The molecule has 0 amide bonds. The second kappa shape index (κ2) is 14.4. The van der Waals surface area contributed by atoms with Crippen LogP contribution in [0.1, 0.15) is 0 Å². The number of aromatic nitrogens is 1. The summed E-state index contributed by atoms with van der Waals surface area (Å²) < 4.78 is 2.44. The van der Waals surface area contributed by atoms with E-state index in [1.807, 2.05) is 0 Å². The number of anilines is 2. The average Bonchev–Trinajstić information content (AvgIpc) is 3.61. The molecule has 0 fully saturated rings. The second-order valence-electron chi connectivity index (χ2n) is 14.3. The van der Waals surface area contributed by atoms with E-state index in [-0.39, 0.29) is 0 Å². The molecule has 0 aliphatic carbocycles. The Bertz CT molecular complexity index is 2890. The summed E-state index contributed by atoms with van der Waals surface area (Å²) in [6.07, 6.45) is 0. The minimum Gasteiger partial charge on any atom is -0.355 e. The summed E-state index contributed by atoms with van der Waals surface area (Å²) >= 11 is 0.